The summed E-state index contributed by atoms with van der Waals surface area (Å²) >= 11 is 6.19. The minimum Gasteiger partial charge on any atom is -0.494 e. The van der Waals surface area contributed by atoms with Crippen LogP contribution in [0.5, 0.6) is 0 Å². The number of ether oxygens (including phenoxy) is 3. The molecule has 2 aromatic rings. The van der Waals surface area contributed by atoms with E-state index in [0.717, 1.165) is 17.2 Å². The zero-order valence-electron chi connectivity index (χ0n) is 21.3. The first-order chi connectivity index (χ1) is 18.2. The van der Waals surface area contributed by atoms with Crippen LogP contribution in [0.4, 0.5) is 13.2 Å². The molecule has 5 nitrogen and oxygen atoms in total. The molecule has 0 unspecified atom stereocenters. The van der Waals surface area contributed by atoms with E-state index in [2.05, 4.69) is 4.74 Å². The predicted octanol–water partition coefficient (Wildman–Crippen LogP) is 6.90. The van der Waals surface area contributed by atoms with Gasteiger partial charge in [-0.15, -0.1) is 0 Å². The average Bonchev–Trinajstić information content (AvgIpc) is 2.90. The molecule has 38 heavy (non-hydrogen) atoms. The van der Waals surface area contributed by atoms with E-state index in [1.807, 2.05) is 47.4 Å². The van der Waals surface area contributed by atoms with Crippen LogP contribution >= 0.6 is 11.6 Å². The summed E-state index contributed by atoms with van der Waals surface area (Å²) in [6.45, 7) is 1.56. The predicted molar refractivity (Wildman–Crippen MR) is 140 cm³/mol. The van der Waals surface area contributed by atoms with E-state index in [1.54, 1.807) is 19.3 Å². The number of hydrogen-bond acceptors (Lipinski definition) is 5. The van der Waals surface area contributed by atoms with Crippen molar-refractivity contribution < 1.29 is 32.2 Å². The van der Waals surface area contributed by atoms with Gasteiger partial charge >= 0.3 is 12.1 Å². The normalized spacial score (nSPS) is 15.4. The molecule has 0 N–H and O–H groups in total. The number of esters is 1. The molecule has 1 aliphatic rings. The SMILES string of the molecule is COC(=O)C=C1C=C(OCCCN(Cc2cccc(C(F)(F)F)c2Cl)C[C@H](OC)c2ccccc2)C=CC1. The van der Waals surface area contributed by atoms with Crippen molar-refractivity contribution in [1.82, 2.24) is 4.90 Å². The van der Waals surface area contributed by atoms with Crippen molar-refractivity contribution in [2.24, 2.45) is 0 Å². The Bertz CT molecular complexity index is 1160. The highest BCUT2D eigenvalue weighted by Crippen LogP contribution is 2.36. The van der Waals surface area contributed by atoms with E-state index >= 15 is 0 Å². The second-order valence-corrected chi connectivity index (χ2v) is 9.12. The average molecular weight is 550 g/mol. The van der Waals surface area contributed by atoms with E-state index in [0.29, 0.717) is 43.9 Å². The van der Waals surface area contributed by atoms with Gasteiger partial charge in [0.1, 0.15) is 5.76 Å². The fourth-order valence-electron chi connectivity index (χ4n) is 4.09. The second kappa shape index (κ2) is 14.2. The standard InChI is InChI=1S/C29H31ClF3NO4/c1-36-26(22-10-4-3-5-11-22)20-34(19-23-12-7-14-25(28(23)30)29(31,32)33)15-8-16-38-24-13-6-9-21(17-24)18-27(35)37-2/h3-7,10-14,17-18,26H,8-9,15-16,19-20H2,1-2H3/t26-/m0/s1. The first-order valence-electron chi connectivity index (χ1n) is 12.2. The molecular weight excluding hydrogens is 519 g/mol. The van der Waals surface area contributed by atoms with Crippen LogP contribution in [-0.4, -0.2) is 44.8 Å². The smallest absolute Gasteiger partial charge is 0.417 e. The van der Waals surface area contributed by atoms with E-state index < -0.39 is 17.7 Å². The first-order valence-corrected chi connectivity index (χ1v) is 12.5. The third-order valence-corrected chi connectivity index (χ3v) is 6.46. The second-order valence-electron chi connectivity index (χ2n) is 8.74. The minimum atomic E-state index is -4.53. The van der Waals surface area contributed by atoms with E-state index in [4.69, 9.17) is 21.1 Å². The highest BCUT2D eigenvalue weighted by atomic mass is 35.5. The molecule has 0 saturated carbocycles. The molecule has 204 valence electrons. The molecule has 0 radical (unpaired) electrons. The minimum absolute atomic E-state index is 0.212. The molecule has 0 heterocycles. The van der Waals surface area contributed by atoms with E-state index in [1.165, 1.54) is 19.3 Å². The lowest BCUT2D eigenvalue weighted by molar-refractivity contribution is -0.137. The van der Waals surface area contributed by atoms with Crippen LogP contribution < -0.4 is 0 Å². The van der Waals surface area contributed by atoms with Crippen LogP contribution in [0.15, 0.2) is 84.2 Å². The Morgan fingerprint density at radius 2 is 1.89 bits per heavy atom. The van der Waals surface area contributed by atoms with Crippen LogP contribution in [0, 0.1) is 0 Å². The fraction of sp³-hybridized carbons (Fsp3) is 0.345. The van der Waals surface area contributed by atoms with Crippen molar-refractivity contribution in [2.75, 3.05) is 33.9 Å². The molecule has 0 amide bonds. The Balaban J connectivity index is 1.70. The van der Waals surface area contributed by atoms with Crippen LogP contribution in [0.25, 0.3) is 0 Å². The number of halogens is 4. The van der Waals surface area contributed by atoms with Crippen molar-refractivity contribution in [1.29, 1.82) is 0 Å². The van der Waals surface area contributed by atoms with Gasteiger partial charge in [0.2, 0.25) is 0 Å². The number of carbonyl (C=O) groups is 1. The lowest BCUT2D eigenvalue weighted by Gasteiger charge is -2.28. The van der Waals surface area contributed by atoms with Gasteiger partial charge in [0.15, 0.2) is 0 Å². The number of hydrogen-bond donors (Lipinski definition) is 0. The topological polar surface area (TPSA) is 48.0 Å². The molecule has 0 bridgehead atoms. The van der Waals surface area contributed by atoms with Crippen LogP contribution in [-0.2, 0) is 31.7 Å². The Morgan fingerprint density at radius 1 is 1.13 bits per heavy atom. The highest BCUT2D eigenvalue weighted by molar-refractivity contribution is 6.32. The molecule has 1 atom stereocenters. The molecule has 9 heteroatoms. The Hall–Kier alpha value is -3.07. The number of alkyl halides is 3. The van der Waals surface area contributed by atoms with Gasteiger partial charge in [-0.1, -0.05) is 60.1 Å². The highest BCUT2D eigenvalue weighted by Gasteiger charge is 2.34. The molecule has 0 saturated heterocycles. The molecule has 0 aromatic heterocycles. The first kappa shape index (κ1) is 29.5. The van der Waals surface area contributed by atoms with Gasteiger partial charge in [-0.2, -0.15) is 13.2 Å². The van der Waals surface area contributed by atoms with Gasteiger partial charge in [-0.25, -0.2) is 4.79 Å². The monoisotopic (exact) mass is 549 g/mol. The summed E-state index contributed by atoms with van der Waals surface area (Å²) in [4.78, 5) is 13.5. The number of methoxy groups -OCH3 is 2. The van der Waals surface area contributed by atoms with Gasteiger partial charge in [-0.3, -0.25) is 4.90 Å². The molecule has 3 rings (SSSR count). The zero-order chi connectivity index (χ0) is 27.5. The fourth-order valence-corrected chi connectivity index (χ4v) is 4.39. The Labute approximate surface area is 226 Å². The van der Waals surface area contributed by atoms with Crippen LogP contribution in [0.3, 0.4) is 0 Å². The van der Waals surface area contributed by atoms with Gasteiger partial charge in [-0.05, 0) is 47.8 Å². The molecular formula is C29H31ClF3NO4. The summed E-state index contributed by atoms with van der Waals surface area (Å²) in [6.07, 6.45) is 3.33. The Kier molecular flexibility index (Phi) is 11.0. The summed E-state index contributed by atoms with van der Waals surface area (Å²) < 4.78 is 56.5. The number of rotatable bonds is 12. The summed E-state index contributed by atoms with van der Waals surface area (Å²) in [5, 5.41) is -0.294. The lowest BCUT2D eigenvalue weighted by Crippen LogP contribution is -2.31. The van der Waals surface area contributed by atoms with Crippen molar-refractivity contribution in [3.63, 3.8) is 0 Å². The Morgan fingerprint density at radius 3 is 2.58 bits per heavy atom. The van der Waals surface area contributed by atoms with E-state index in [-0.39, 0.29) is 17.7 Å². The number of allylic oxidation sites excluding steroid dienone is 4. The van der Waals surface area contributed by atoms with Gasteiger partial charge in [0, 0.05) is 32.8 Å². The maximum Gasteiger partial charge on any atom is 0.417 e. The largest absolute Gasteiger partial charge is 0.494 e. The number of carbonyl (C=O) groups excluding carboxylic acids is 1. The molecule has 0 fully saturated rings. The quantitative estimate of drug-likeness (QED) is 0.164. The van der Waals surface area contributed by atoms with Crippen LogP contribution in [0.1, 0.15) is 35.6 Å². The summed E-state index contributed by atoms with van der Waals surface area (Å²) in [6, 6.07) is 13.6. The lowest BCUT2D eigenvalue weighted by atomic mass is 10.1. The maximum absolute atomic E-state index is 13.4. The third-order valence-electron chi connectivity index (χ3n) is 6.01. The maximum atomic E-state index is 13.4. The molecule has 1 aliphatic carbocycles. The summed E-state index contributed by atoms with van der Waals surface area (Å²) in [5.74, 6) is 0.193. The molecule has 2 aromatic carbocycles. The molecule has 0 aliphatic heterocycles. The molecule has 0 spiro atoms. The van der Waals surface area contributed by atoms with Crippen molar-refractivity contribution in [2.45, 2.75) is 31.7 Å². The van der Waals surface area contributed by atoms with Crippen molar-refractivity contribution >= 4 is 17.6 Å². The van der Waals surface area contributed by atoms with Gasteiger partial charge in [0.25, 0.3) is 0 Å². The van der Waals surface area contributed by atoms with Crippen molar-refractivity contribution in [3.8, 4) is 0 Å². The van der Waals surface area contributed by atoms with Gasteiger partial charge in [0.05, 0.1) is 30.4 Å². The van der Waals surface area contributed by atoms with Gasteiger partial charge < -0.3 is 14.2 Å². The number of nitrogens with zero attached hydrogens (tertiary/aromatic N) is 1. The van der Waals surface area contributed by atoms with Crippen molar-refractivity contribution in [3.05, 3.63) is 106 Å². The van der Waals surface area contributed by atoms with Crippen LogP contribution in [0.2, 0.25) is 5.02 Å². The third kappa shape index (κ3) is 8.75. The summed E-state index contributed by atoms with van der Waals surface area (Å²) in [5.41, 5.74) is 1.29. The summed E-state index contributed by atoms with van der Waals surface area (Å²) in [7, 11) is 2.93. The van der Waals surface area contributed by atoms with E-state index in [9.17, 15) is 18.0 Å². The number of benzene rings is 2. The zero-order valence-corrected chi connectivity index (χ0v) is 22.1.